The van der Waals surface area contributed by atoms with E-state index in [-0.39, 0.29) is 4.83 Å². The summed E-state index contributed by atoms with van der Waals surface area (Å²) in [5.74, 6) is 1.82. The first-order chi connectivity index (χ1) is 9.65. The van der Waals surface area contributed by atoms with E-state index in [4.69, 9.17) is 9.47 Å². The van der Waals surface area contributed by atoms with E-state index in [1.165, 1.54) is 0 Å². The standard InChI is InChI=1S/C15H19BrN2O2/c1-18(9-12(16)10-19-2)15-14-5-4-13(20-3)8-11(14)6-7-17-15/h4-8,12H,9-10H2,1-3H3. The molecule has 5 heteroatoms. The van der Waals surface area contributed by atoms with Gasteiger partial charge in [-0.05, 0) is 29.7 Å². The Kier molecular flexibility index (Phi) is 5.20. The highest BCUT2D eigenvalue weighted by Gasteiger charge is 2.12. The minimum absolute atomic E-state index is 0.271. The van der Waals surface area contributed by atoms with Gasteiger partial charge in [-0.15, -0.1) is 0 Å². The second kappa shape index (κ2) is 6.90. The second-order valence-corrected chi connectivity index (χ2v) is 5.95. The third kappa shape index (κ3) is 3.41. The molecule has 0 saturated carbocycles. The van der Waals surface area contributed by atoms with Gasteiger partial charge in [0.1, 0.15) is 11.6 Å². The molecule has 1 heterocycles. The van der Waals surface area contributed by atoms with E-state index in [0.29, 0.717) is 6.61 Å². The molecule has 2 rings (SSSR count). The van der Waals surface area contributed by atoms with Gasteiger partial charge in [-0.25, -0.2) is 4.98 Å². The Hall–Kier alpha value is -1.33. The number of pyridine rings is 1. The summed E-state index contributed by atoms with van der Waals surface area (Å²) in [4.78, 5) is 6.90. The van der Waals surface area contributed by atoms with Crippen LogP contribution in [-0.4, -0.2) is 44.2 Å². The molecule has 1 aromatic carbocycles. The molecule has 0 bridgehead atoms. The van der Waals surface area contributed by atoms with Crippen molar-refractivity contribution in [3.63, 3.8) is 0 Å². The summed E-state index contributed by atoms with van der Waals surface area (Å²) in [6.07, 6.45) is 1.83. The van der Waals surface area contributed by atoms with Crippen molar-refractivity contribution in [2.75, 3.05) is 39.3 Å². The fraction of sp³-hybridized carbons (Fsp3) is 0.400. The van der Waals surface area contributed by atoms with Gasteiger partial charge in [0, 0.05) is 32.3 Å². The zero-order valence-corrected chi connectivity index (χ0v) is 13.6. The number of fused-ring (bicyclic) bond motifs is 1. The molecule has 0 amide bonds. The molecule has 0 aliphatic carbocycles. The van der Waals surface area contributed by atoms with Gasteiger partial charge >= 0.3 is 0 Å². The van der Waals surface area contributed by atoms with Crippen LogP contribution in [0, 0.1) is 0 Å². The Morgan fingerprint density at radius 2 is 2.10 bits per heavy atom. The van der Waals surface area contributed by atoms with Crippen molar-refractivity contribution in [2.24, 2.45) is 0 Å². The summed E-state index contributed by atoms with van der Waals surface area (Å²) < 4.78 is 10.4. The van der Waals surface area contributed by atoms with Gasteiger partial charge in [0.25, 0.3) is 0 Å². The molecule has 2 aromatic rings. The van der Waals surface area contributed by atoms with Gasteiger partial charge in [-0.1, -0.05) is 15.9 Å². The van der Waals surface area contributed by atoms with Crippen molar-refractivity contribution in [1.82, 2.24) is 4.98 Å². The zero-order chi connectivity index (χ0) is 14.5. The molecule has 1 atom stereocenters. The van der Waals surface area contributed by atoms with Crippen molar-refractivity contribution in [1.29, 1.82) is 0 Å². The van der Waals surface area contributed by atoms with Gasteiger partial charge in [0.2, 0.25) is 0 Å². The van der Waals surface area contributed by atoms with Crippen molar-refractivity contribution < 1.29 is 9.47 Å². The highest BCUT2D eigenvalue weighted by Crippen LogP contribution is 2.27. The number of anilines is 1. The maximum atomic E-state index is 5.26. The maximum Gasteiger partial charge on any atom is 0.136 e. The molecule has 0 spiro atoms. The SMILES string of the molecule is COCC(Br)CN(C)c1nccc2cc(OC)ccc12. The largest absolute Gasteiger partial charge is 0.497 e. The Labute approximate surface area is 127 Å². The number of hydrogen-bond acceptors (Lipinski definition) is 4. The van der Waals surface area contributed by atoms with Crippen LogP contribution in [0.5, 0.6) is 5.75 Å². The summed E-state index contributed by atoms with van der Waals surface area (Å²) in [5.41, 5.74) is 0. The van der Waals surface area contributed by atoms with Gasteiger partial charge in [-0.3, -0.25) is 0 Å². The van der Waals surface area contributed by atoms with Crippen LogP contribution in [0.15, 0.2) is 30.5 Å². The number of halogens is 1. The van der Waals surface area contributed by atoms with E-state index in [0.717, 1.165) is 28.9 Å². The lowest BCUT2D eigenvalue weighted by Crippen LogP contribution is -2.28. The first-order valence-corrected chi connectivity index (χ1v) is 7.34. The zero-order valence-electron chi connectivity index (χ0n) is 12.0. The summed E-state index contributed by atoms with van der Waals surface area (Å²) in [6.45, 7) is 1.49. The fourth-order valence-corrected chi connectivity index (χ4v) is 2.89. The molecule has 1 unspecified atom stereocenters. The number of hydrogen-bond donors (Lipinski definition) is 0. The fourth-order valence-electron chi connectivity index (χ4n) is 2.19. The molecule has 0 fully saturated rings. The van der Waals surface area contributed by atoms with E-state index in [9.17, 15) is 0 Å². The second-order valence-electron chi connectivity index (χ2n) is 4.65. The Morgan fingerprint density at radius 1 is 1.30 bits per heavy atom. The van der Waals surface area contributed by atoms with E-state index >= 15 is 0 Å². The van der Waals surface area contributed by atoms with Gasteiger partial charge in [-0.2, -0.15) is 0 Å². The topological polar surface area (TPSA) is 34.6 Å². The molecule has 108 valence electrons. The summed E-state index contributed by atoms with van der Waals surface area (Å²) >= 11 is 3.61. The number of ether oxygens (including phenoxy) is 2. The first kappa shape index (κ1) is 15.1. The van der Waals surface area contributed by atoms with Crippen LogP contribution in [0.3, 0.4) is 0 Å². The number of nitrogens with zero attached hydrogens (tertiary/aromatic N) is 2. The predicted octanol–water partition coefficient (Wildman–Crippen LogP) is 3.09. The normalized spacial score (nSPS) is 12.4. The average molecular weight is 339 g/mol. The van der Waals surface area contributed by atoms with E-state index in [2.05, 4.69) is 25.8 Å². The third-order valence-electron chi connectivity index (χ3n) is 3.13. The predicted molar refractivity (Wildman–Crippen MR) is 86.2 cm³/mol. The number of rotatable bonds is 6. The first-order valence-electron chi connectivity index (χ1n) is 6.42. The van der Waals surface area contributed by atoms with E-state index < -0.39 is 0 Å². The third-order valence-corrected chi connectivity index (χ3v) is 3.69. The van der Waals surface area contributed by atoms with Crippen molar-refractivity contribution in [3.05, 3.63) is 30.5 Å². The van der Waals surface area contributed by atoms with Crippen LogP contribution in [0.1, 0.15) is 0 Å². The van der Waals surface area contributed by atoms with Gasteiger partial charge < -0.3 is 14.4 Å². The monoisotopic (exact) mass is 338 g/mol. The van der Waals surface area contributed by atoms with E-state index in [1.54, 1.807) is 14.2 Å². The number of methoxy groups -OCH3 is 2. The lowest BCUT2D eigenvalue weighted by molar-refractivity contribution is 0.201. The minimum atomic E-state index is 0.271. The molecule has 0 saturated heterocycles. The molecule has 0 radical (unpaired) electrons. The molecule has 1 aromatic heterocycles. The van der Waals surface area contributed by atoms with E-state index in [1.807, 2.05) is 37.5 Å². The van der Waals surface area contributed by atoms with Crippen LogP contribution >= 0.6 is 15.9 Å². The van der Waals surface area contributed by atoms with Crippen molar-refractivity contribution >= 4 is 32.5 Å². The lowest BCUT2D eigenvalue weighted by atomic mass is 10.1. The van der Waals surface area contributed by atoms with Crippen molar-refractivity contribution in [2.45, 2.75) is 4.83 Å². The van der Waals surface area contributed by atoms with Crippen molar-refractivity contribution in [3.8, 4) is 5.75 Å². The highest BCUT2D eigenvalue weighted by molar-refractivity contribution is 9.09. The van der Waals surface area contributed by atoms with Gasteiger partial charge in [0.05, 0.1) is 18.5 Å². The smallest absolute Gasteiger partial charge is 0.136 e. The van der Waals surface area contributed by atoms with Crippen LogP contribution in [0.4, 0.5) is 5.82 Å². The molecular formula is C15H19BrN2O2. The molecule has 0 aliphatic rings. The molecule has 4 nitrogen and oxygen atoms in total. The maximum absolute atomic E-state index is 5.26. The summed E-state index contributed by atoms with van der Waals surface area (Å²) in [6, 6.07) is 8.03. The lowest BCUT2D eigenvalue weighted by Gasteiger charge is -2.22. The van der Waals surface area contributed by atoms with Crippen LogP contribution in [0.2, 0.25) is 0 Å². The molecule has 0 N–H and O–H groups in total. The molecule has 0 aliphatic heterocycles. The Balaban J connectivity index is 2.29. The van der Waals surface area contributed by atoms with Crippen LogP contribution in [-0.2, 0) is 4.74 Å². The average Bonchev–Trinajstić information content (AvgIpc) is 2.46. The number of aromatic nitrogens is 1. The number of benzene rings is 1. The summed E-state index contributed by atoms with van der Waals surface area (Å²) in [7, 11) is 5.42. The molecule has 20 heavy (non-hydrogen) atoms. The van der Waals surface area contributed by atoms with Gasteiger partial charge in [0.15, 0.2) is 0 Å². The Morgan fingerprint density at radius 3 is 2.80 bits per heavy atom. The minimum Gasteiger partial charge on any atom is -0.497 e. The number of alkyl halides is 1. The molecular weight excluding hydrogens is 320 g/mol. The van der Waals surface area contributed by atoms with Crippen LogP contribution < -0.4 is 9.64 Å². The quantitative estimate of drug-likeness (QED) is 0.758. The Bertz CT molecular complexity index is 577. The highest BCUT2D eigenvalue weighted by atomic mass is 79.9. The van der Waals surface area contributed by atoms with Crippen LogP contribution in [0.25, 0.3) is 10.8 Å². The summed E-state index contributed by atoms with van der Waals surface area (Å²) in [5, 5.41) is 2.24.